The van der Waals surface area contributed by atoms with Crippen molar-refractivity contribution >= 4 is 17.2 Å². The van der Waals surface area contributed by atoms with Crippen LogP contribution in [0.2, 0.25) is 0 Å². The van der Waals surface area contributed by atoms with Gasteiger partial charge in [0.15, 0.2) is 0 Å². The van der Waals surface area contributed by atoms with Gasteiger partial charge in [-0.15, -0.1) is 11.3 Å². The molecule has 0 saturated carbocycles. The lowest BCUT2D eigenvalue weighted by atomic mass is 10.0. The first-order valence-electron chi connectivity index (χ1n) is 6.64. The maximum absolute atomic E-state index is 6.25. The fourth-order valence-electron chi connectivity index (χ4n) is 2.39. The molecule has 0 atom stereocenters. The van der Waals surface area contributed by atoms with Crippen LogP contribution in [0.25, 0.3) is 21.7 Å². The quantitative estimate of drug-likeness (QED) is 0.802. The van der Waals surface area contributed by atoms with Crippen molar-refractivity contribution in [2.24, 2.45) is 7.05 Å². The average molecular weight is 299 g/mol. The zero-order chi connectivity index (χ0) is 15.0. The molecule has 0 aliphatic rings. The highest BCUT2D eigenvalue weighted by molar-refractivity contribution is 7.15. The third-order valence-corrected chi connectivity index (χ3v) is 4.45. The van der Waals surface area contributed by atoms with Crippen LogP contribution in [-0.4, -0.2) is 16.9 Å². The summed E-state index contributed by atoms with van der Waals surface area (Å²) in [6.45, 7) is 2.09. The van der Waals surface area contributed by atoms with Crippen LogP contribution in [0.3, 0.4) is 0 Å². The van der Waals surface area contributed by atoms with Crippen molar-refractivity contribution in [1.82, 2.24) is 9.78 Å². The molecule has 0 aliphatic carbocycles. The van der Waals surface area contributed by atoms with Crippen LogP contribution in [0, 0.1) is 6.92 Å². The summed E-state index contributed by atoms with van der Waals surface area (Å²) in [6, 6.07) is 12.1. The summed E-state index contributed by atoms with van der Waals surface area (Å²) < 4.78 is 7.19. The Labute approximate surface area is 127 Å². The van der Waals surface area contributed by atoms with E-state index >= 15 is 0 Å². The van der Waals surface area contributed by atoms with Crippen LogP contribution in [0.5, 0.6) is 5.75 Å². The second-order valence-corrected chi connectivity index (χ2v) is 6.13. The Morgan fingerprint density at radius 1 is 1.19 bits per heavy atom. The Morgan fingerprint density at radius 2 is 1.95 bits per heavy atom. The van der Waals surface area contributed by atoms with E-state index in [4.69, 9.17) is 10.5 Å². The second-order valence-electron chi connectivity index (χ2n) is 4.84. The van der Waals surface area contributed by atoms with E-state index in [1.54, 1.807) is 23.1 Å². The summed E-state index contributed by atoms with van der Waals surface area (Å²) in [6.07, 6.45) is 0. The predicted molar refractivity (Wildman–Crippen MR) is 87.7 cm³/mol. The zero-order valence-electron chi connectivity index (χ0n) is 12.3. The van der Waals surface area contributed by atoms with Crippen molar-refractivity contribution in [3.8, 4) is 27.4 Å². The second kappa shape index (κ2) is 5.26. The molecule has 2 aromatic heterocycles. The molecule has 5 heteroatoms. The fourth-order valence-corrected chi connectivity index (χ4v) is 3.25. The molecule has 0 spiro atoms. The van der Waals surface area contributed by atoms with E-state index in [9.17, 15) is 0 Å². The number of anilines is 1. The van der Waals surface area contributed by atoms with Crippen molar-refractivity contribution in [2.45, 2.75) is 6.92 Å². The molecule has 0 bridgehead atoms. The SMILES string of the molecule is COc1ccccc1-c1c(-c2ccc(C)s2)nn(C)c1N. The molecule has 0 saturated heterocycles. The first-order chi connectivity index (χ1) is 10.1. The van der Waals surface area contributed by atoms with Gasteiger partial charge >= 0.3 is 0 Å². The lowest BCUT2D eigenvalue weighted by Gasteiger charge is -2.09. The van der Waals surface area contributed by atoms with Gasteiger partial charge in [0.2, 0.25) is 0 Å². The predicted octanol–water partition coefficient (Wildman–Crippen LogP) is 3.71. The number of aryl methyl sites for hydroxylation is 2. The Hall–Kier alpha value is -2.27. The van der Waals surface area contributed by atoms with Gasteiger partial charge in [-0.1, -0.05) is 18.2 Å². The molecular formula is C16H17N3OS. The summed E-state index contributed by atoms with van der Waals surface area (Å²) in [5, 5.41) is 4.59. The minimum atomic E-state index is 0.639. The Balaban J connectivity index is 2.27. The standard InChI is InChI=1S/C16H17N3OS/c1-10-8-9-13(21-10)15-14(16(17)19(2)18-15)11-6-4-5-7-12(11)20-3/h4-9H,17H2,1-3H3. The maximum atomic E-state index is 6.25. The highest BCUT2D eigenvalue weighted by Crippen LogP contribution is 2.42. The molecule has 0 unspecified atom stereocenters. The van der Waals surface area contributed by atoms with Crippen LogP contribution in [0.15, 0.2) is 36.4 Å². The molecule has 21 heavy (non-hydrogen) atoms. The normalized spacial score (nSPS) is 10.8. The van der Waals surface area contributed by atoms with Gasteiger partial charge in [-0.2, -0.15) is 5.10 Å². The summed E-state index contributed by atoms with van der Waals surface area (Å²) in [7, 11) is 3.53. The number of ether oxygens (including phenoxy) is 1. The molecule has 4 nitrogen and oxygen atoms in total. The molecule has 0 aliphatic heterocycles. The summed E-state index contributed by atoms with van der Waals surface area (Å²) in [4.78, 5) is 2.36. The minimum absolute atomic E-state index is 0.639. The van der Waals surface area contributed by atoms with Crippen LogP contribution in [-0.2, 0) is 7.05 Å². The van der Waals surface area contributed by atoms with E-state index in [2.05, 4.69) is 24.2 Å². The van der Waals surface area contributed by atoms with E-state index in [0.717, 1.165) is 27.4 Å². The number of rotatable bonds is 3. The summed E-state index contributed by atoms with van der Waals surface area (Å²) in [5.41, 5.74) is 9.05. The number of nitrogens with two attached hydrogens (primary N) is 1. The van der Waals surface area contributed by atoms with E-state index in [-0.39, 0.29) is 0 Å². The largest absolute Gasteiger partial charge is 0.496 e. The lowest BCUT2D eigenvalue weighted by Crippen LogP contribution is -1.98. The van der Waals surface area contributed by atoms with Gasteiger partial charge < -0.3 is 10.5 Å². The molecule has 0 amide bonds. The number of nitrogen functional groups attached to an aromatic ring is 1. The average Bonchev–Trinajstić information content (AvgIpc) is 3.04. The van der Waals surface area contributed by atoms with Gasteiger partial charge in [0.05, 0.1) is 17.6 Å². The highest BCUT2D eigenvalue weighted by Gasteiger charge is 2.20. The molecule has 108 valence electrons. The Bertz CT molecular complexity index is 789. The topological polar surface area (TPSA) is 53.1 Å². The number of hydrogen-bond acceptors (Lipinski definition) is 4. The van der Waals surface area contributed by atoms with E-state index in [1.165, 1.54) is 4.88 Å². The van der Waals surface area contributed by atoms with Gasteiger partial charge in [-0.25, -0.2) is 0 Å². The number of hydrogen-bond donors (Lipinski definition) is 1. The number of aromatic nitrogens is 2. The maximum Gasteiger partial charge on any atom is 0.130 e. The fraction of sp³-hybridized carbons (Fsp3) is 0.188. The van der Waals surface area contributed by atoms with E-state index in [0.29, 0.717) is 5.82 Å². The minimum Gasteiger partial charge on any atom is -0.496 e. The molecule has 3 aromatic rings. The van der Waals surface area contributed by atoms with Crippen molar-refractivity contribution in [2.75, 3.05) is 12.8 Å². The van der Waals surface area contributed by atoms with E-state index < -0.39 is 0 Å². The van der Waals surface area contributed by atoms with Crippen molar-refractivity contribution in [3.05, 3.63) is 41.3 Å². The van der Waals surface area contributed by atoms with Gasteiger partial charge in [0.25, 0.3) is 0 Å². The first-order valence-corrected chi connectivity index (χ1v) is 7.46. The van der Waals surface area contributed by atoms with Crippen LogP contribution in [0.4, 0.5) is 5.82 Å². The van der Waals surface area contributed by atoms with Crippen molar-refractivity contribution in [1.29, 1.82) is 0 Å². The molecule has 0 fully saturated rings. The molecule has 3 rings (SSSR count). The summed E-state index contributed by atoms with van der Waals surface area (Å²) >= 11 is 1.71. The van der Waals surface area contributed by atoms with Crippen LogP contribution in [0.1, 0.15) is 4.88 Å². The van der Waals surface area contributed by atoms with E-state index in [1.807, 2.05) is 31.3 Å². The van der Waals surface area contributed by atoms with Gasteiger partial charge in [-0.3, -0.25) is 4.68 Å². The third kappa shape index (κ3) is 2.29. The molecule has 2 heterocycles. The van der Waals surface area contributed by atoms with Gasteiger partial charge in [-0.05, 0) is 25.1 Å². The third-order valence-electron chi connectivity index (χ3n) is 3.44. The summed E-state index contributed by atoms with van der Waals surface area (Å²) in [5.74, 6) is 1.44. The monoisotopic (exact) mass is 299 g/mol. The molecular weight excluding hydrogens is 282 g/mol. The number of methoxy groups -OCH3 is 1. The van der Waals surface area contributed by atoms with Crippen LogP contribution < -0.4 is 10.5 Å². The number of nitrogens with zero attached hydrogens (tertiary/aromatic N) is 2. The van der Waals surface area contributed by atoms with Gasteiger partial charge in [0.1, 0.15) is 17.3 Å². The first kappa shape index (κ1) is 13.7. The smallest absolute Gasteiger partial charge is 0.130 e. The van der Waals surface area contributed by atoms with Crippen molar-refractivity contribution in [3.63, 3.8) is 0 Å². The molecule has 1 aromatic carbocycles. The number of para-hydroxylation sites is 1. The number of thiophene rings is 1. The van der Waals surface area contributed by atoms with Gasteiger partial charge in [0, 0.05) is 17.5 Å². The molecule has 2 N–H and O–H groups in total. The van der Waals surface area contributed by atoms with Crippen molar-refractivity contribution < 1.29 is 4.74 Å². The Morgan fingerprint density at radius 3 is 2.62 bits per heavy atom. The Kier molecular flexibility index (Phi) is 3.43. The highest BCUT2D eigenvalue weighted by atomic mass is 32.1. The lowest BCUT2D eigenvalue weighted by molar-refractivity contribution is 0.416. The number of benzene rings is 1. The van der Waals surface area contributed by atoms with Crippen LogP contribution >= 0.6 is 11.3 Å². The molecule has 0 radical (unpaired) electrons. The zero-order valence-corrected chi connectivity index (χ0v) is 13.1.